The Morgan fingerprint density at radius 2 is 2.19 bits per heavy atom. The summed E-state index contributed by atoms with van der Waals surface area (Å²) in [6.07, 6.45) is 5.25. The molecule has 1 aromatic rings. The van der Waals surface area contributed by atoms with Crippen LogP contribution in [0.4, 0.5) is 10.1 Å². The Labute approximate surface area is 93.7 Å². The first-order valence-electron chi connectivity index (χ1n) is 4.45. The molecule has 0 aliphatic rings. The van der Waals surface area contributed by atoms with Crippen molar-refractivity contribution < 1.29 is 12.8 Å². The summed E-state index contributed by atoms with van der Waals surface area (Å²) in [5.74, 6) is 1.53. The van der Waals surface area contributed by atoms with Gasteiger partial charge in [-0.15, -0.1) is 12.3 Å². The van der Waals surface area contributed by atoms with Gasteiger partial charge >= 0.3 is 0 Å². The number of terminal acetylenes is 1. The van der Waals surface area contributed by atoms with Gasteiger partial charge in [0, 0.05) is 13.0 Å². The fourth-order valence-electron chi connectivity index (χ4n) is 1.02. The van der Waals surface area contributed by atoms with Gasteiger partial charge in [0.05, 0.1) is 10.6 Å². The van der Waals surface area contributed by atoms with Crippen LogP contribution in [0.15, 0.2) is 23.1 Å². The maximum Gasteiger partial charge on any atom is 0.240 e. The van der Waals surface area contributed by atoms with Crippen LogP contribution in [0.3, 0.4) is 0 Å². The molecule has 6 heteroatoms. The van der Waals surface area contributed by atoms with Crippen molar-refractivity contribution in [3.63, 3.8) is 0 Å². The average Bonchev–Trinajstić information content (AvgIpc) is 2.22. The van der Waals surface area contributed by atoms with Gasteiger partial charge in [0.15, 0.2) is 0 Å². The average molecular weight is 242 g/mol. The molecule has 0 radical (unpaired) electrons. The molecule has 0 bridgehead atoms. The highest BCUT2D eigenvalue weighted by Crippen LogP contribution is 2.15. The predicted molar refractivity (Wildman–Crippen MR) is 59.5 cm³/mol. The second-order valence-electron chi connectivity index (χ2n) is 3.04. The molecule has 0 aromatic heterocycles. The normalized spacial score (nSPS) is 11.0. The first-order valence-corrected chi connectivity index (χ1v) is 5.94. The largest absolute Gasteiger partial charge is 0.396 e. The van der Waals surface area contributed by atoms with E-state index in [1.165, 1.54) is 12.1 Å². The van der Waals surface area contributed by atoms with Gasteiger partial charge in [0.25, 0.3) is 0 Å². The van der Waals surface area contributed by atoms with Gasteiger partial charge in [-0.3, -0.25) is 0 Å². The van der Waals surface area contributed by atoms with Gasteiger partial charge in [-0.25, -0.2) is 17.5 Å². The van der Waals surface area contributed by atoms with E-state index in [0.717, 1.165) is 6.07 Å². The quantitative estimate of drug-likeness (QED) is 0.464. The summed E-state index contributed by atoms with van der Waals surface area (Å²) in [5.41, 5.74) is 5.14. The van der Waals surface area contributed by atoms with E-state index in [2.05, 4.69) is 10.6 Å². The second kappa shape index (κ2) is 4.96. The fraction of sp³-hybridized carbons (Fsp3) is 0.200. The molecule has 0 aliphatic carbocycles. The molecule has 1 aromatic carbocycles. The van der Waals surface area contributed by atoms with Crippen LogP contribution >= 0.6 is 0 Å². The van der Waals surface area contributed by atoms with Crippen molar-refractivity contribution in [1.82, 2.24) is 4.72 Å². The molecule has 0 saturated heterocycles. The molecule has 0 atom stereocenters. The number of nitrogens with two attached hydrogens (primary N) is 1. The lowest BCUT2D eigenvalue weighted by molar-refractivity contribution is 0.579. The Balaban J connectivity index is 2.91. The van der Waals surface area contributed by atoms with Crippen LogP contribution in [-0.2, 0) is 10.0 Å². The Hall–Kier alpha value is -1.58. The topological polar surface area (TPSA) is 72.2 Å². The number of nitrogen functional groups attached to an aromatic ring is 1. The lowest BCUT2D eigenvalue weighted by atomic mass is 10.3. The molecule has 16 heavy (non-hydrogen) atoms. The van der Waals surface area contributed by atoms with Crippen molar-refractivity contribution in [3.8, 4) is 12.3 Å². The van der Waals surface area contributed by atoms with Gasteiger partial charge < -0.3 is 5.73 Å². The van der Waals surface area contributed by atoms with E-state index in [-0.39, 0.29) is 23.5 Å². The molecular weight excluding hydrogens is 231 g/mol. The third-order valence-electron chi connectivity index (χ3n) is 1.84. The molecule has 0 saturated carbocycles. The number of sulfonamides is 1. The fourth-order valence-corrected chi connectivity index (χ4v) is 2.06. The van der Waals surface area contributed by atoms with Gasteiger partial charge in [-0.05, 0) is 18.2 Å². The Bertz CT molecular complexity index is 520. The molecule has 3 N–H and O–H groups in total. The third-order valence-corrected chi connectivity index (χ3v) is 3.30. The maximum atomic E-state index is 13.0. The first kappa shape index (κ1) is 12.5. The highest BCUT2D eigenvalue weighted by molar-refractivity contribution is 7.89. The molecule has 0 aliphatic heterocycles. The van der Waals surface area contributed by atoms with Gasteiger partial charge in [-0.2, -0.15) is 0 Å². The van der Waals surface area contributed by atoms with Crippen molar-refractivity contribution in [2.75, 3.05) is 12.3 Å². The Morgan fingerprint density at radius 1 is 1.50 bits per heavy atom. The first-order chi connectivity index (χ1) is 7.47. The van der Waals surface area contributed by atoms with Gasteiger partial charge in [0.2, 0.25) is 10.0 Å². The SMILES string of the molecule is C#CCCNS(=O)(=O)c1ccc(N)c(F)c1. The number of rotatable bonds is 4. The standard InChI is InChI=1S/C10H11FN2O2S/c1-2-3-6-13-16(14,15)8-4-5-10(12)9(11)7-8/h1,4-5,7,13H,3,6,12H2. The van der Waals surface area contributed by atoms with Crippen LogP contribution in [0, 0.1) is 18.2 Å². The molecule has 0 amide bonds. The van der Waals surface area contributed by atoms with Crippen molar-refractivity contribution in [3.05, 3.63) is 24.0 Å². The van der Waals surface area contributed by atoms with Crippen molar-refractivity contribution >= 4 is 15.7 Å². The number of halogens is 1. The van der Waals surface area contributed by atoms with E-state index in [1.807, 2.05) is 0 Å². The number of nitrogens with one attached hydrogen (secondary N) is 1. The number of hydrogen-bond acceptors (Lipinski definition) is 3. The van der Waals surface area contributed by atoms with Crippen molar-refractivity contribution in [2.45, 2.75) is 11.3 Å². The Morgan fingerprint density at radius 3 is 2.75 bits per heavy atom. The molecule has 4 nitrogen and oxygen atoms in total. The molecule has 0 fully saturated rings. The molecular formula is C10H11FN2O2S. The number of hydrogen-bond donors (Lipinski definition) is 2. The number of anilines is 1. The lowest BCUT2D eigenvalue weighted by Gasteiger charge is -2.05. The number of benzene rings is 1. The zero-order chi connectivity index (χ0) is 12.2. The predicted octanol–water partition coefficient (Wildman–Crippen LogP) is 0.709. The highest BCUT2D eigenvalue weighted by atomic mass is 32.2. The molecule has 1 rings (SSSR count). The summed E-state index contributed by atoms with van der Waals surface area (Å²) >= 11 is 0. The zero-order valence-corrected chi connectivity index (χ0v) is 9.22. The third kappa shape index (κ3) is 2.95. The summed E-state index contributed by atoms with van der Waals surface area (Å²) in [6.45, 7) is 0.116. The van der Waals surface area contributed by atoms with E-state index in [1.54, 1.807) is 0 Å². The lowest BCUT2D eigenvalue weighted by Crippen LogP contribution is -2.24. The summed E-state index contributed by atoms with van der Waals surface area (Å²) in [6, 6.07) is 3.30. The van der Waals surface area contributed by atoms with Crippen LogP contribution in [0.2, 0.25) is 0 Å². The minimum atomic E-state index is -3.71. The summed E-state index contributed by atoms with van der Waals surface area (Å²) in [5, 5.41) is 0. The molecule has 0 unspecified atom stereocenters. The van der Waals surface area contributed by atoms with Crippen molar-refractivity contribution in [1.29, 1.82) is 0 Å². The van der Waals surface area contributed by atoms with E-state index in [0.29, 0.717) is 0 Å². The molecule has 86 valence electrons. The van der Waals surface area contributed by atoms with Crippen LogP contribution < -0.4 is 10.5 Å². The molecule has 0 spiro atoms. The van der Waals surface area contributed by atoms with E-state index < -0.39 is 15.8 Å². The van der Waals surface area contributed by atoms with Crippen LogP contribution in [0.5, 0.6) is 0 Å². The molecule has 0 heterocycles. The van der Waals surface area contributed by atoms with Crippen LogP contribution in [-0.4, -0.2) is 15.0 Å². The zero-order valence-electron chi connectivity index (χ0n) is 8.40. The highest BCUT2D eigenvalue weighted by Gasteiger charge is 2.14. The second-order valence-corrected chi connectivity index (χ2v) is 4.80. The van der Waals surface area contributed by atoms with Crippen molar-refractivity contribution in [2.24, 2.45) is 0 Å². The van der Waals surface area contributed by atoms with E-state index in [4.69, 9.17) is 12.2 Å². The van der Waals surface area contributed by atoms with Crippen LogP contribution in [0.25, 0.3) is 0 Å². The summed E-state index contributed by atoms with van der Waals surface area (Å²) < 4.78 is 38.5. The maximum absolute atomic E-state index is 13.0. The minimum absolute atomic E-state index is 0.0948. The van der Waals surface area contributed by atoms with E-state index in [9.17, 15) is 12.8 Å². The van der Waals surface area contributed by atoms with Gasteiger partial charge in [0.1, 0.15) is 5.82 Å². The van der Waals surface area contributed by atoms with Crippen LogP contribution in [0.1, 0.15) is 6.42 Å². The van der Waals surface area contributed by atoms with Gasteiger partial charge in [-0.1, -0.05) is 0 Å². The smallest absolute Gasteiger partial charge is 0.240 e. The minimum Gasteiger partial charge on any atom is -0.396 e. The Kier molecular flexibility index (Phi) is 3.88. The van der Waals surface area contributed by atoms with E-state index >= 15 is 0 Å². The summed E-state index contributed by atoms with van der Waals surface area (Å²) in [4.78, 5) is -0.170. The monoisotopic (exact) mass is 242 g/mol. The summed E-state index contributed by atoms with van der Waals surface area (Å²) in [7, 11) is -3.71.